The molecular formula is C30H58ClN11O4. The third-order valence-corrected chi connectivity index (χ3v) is 7.35. The van der Waals surface area contributed by atoms with Gasteiger partial charge in [-0.15, -0.1) is 12.4 Å². The normalized spacial score (nSPS) is 13.6. The van der Waals surface area contributed by atoms with Crippen LogP contribution in [-0.2, 0) is 4.79 Å². The van der Waals surface area contributed by atoms with Crippen molar-refractivity contribution in [3.05, 3.63) is 48.0 Å². The summed E-state index contributed by atoms with van der Waals surface area (Å²) in [4.78, 5) is 44.2. The third-order valence-electron chi connectivity index (χ3n) is 7.35. The molecule has 2 saturated heterocycles. The smallest absolute Gasteiger partial charge is 0.233 e. The van der Waals surface area contributed by atoms with Crippen LogP contribution in [0.25, 0.3) is 0 Å². The lowest BCUT2D eigenvalue weighted by atomic mass is 10.1. The molecule has 0 bridgehead atoms. The number of ketones is 1. The molecule has 5 rings (SSSR count). The third kappa shape index (κ3) is 10.7. The van der Waals surface area contributed by atoms with Gasteiger partial charge in [-0.05, 0) is 74.9 Å². The number of halogens is 1. The van der Waals surface area contributed by atoms with Crippen LogP contribution >= 0.6 is 12.4 Å². The van der Waals surface area contributed by atoms with Gasteiger partial charge in [-0.3, -0.25) is 9.59 Å². The minimum absolute atomic E-state index is 0. The number of hydrogen-bond donors (Lipinski definition) is 6. The molecule has 16 heteroatoms. The second-order valence-corrected chi connectivity index (χ2v) is 10.3. The standard InChI is InChI=1S/C30H37N7O4.ClH.4H3N.4H2/c1-40-23-13-14-26(41-2)24(19-23)32-27(39)20-25(38)21-9-11-22(12-10-21)31-28-33-29(36-15-5-3-6-16-36)35-30(34-28)37-17-7-4-8-18-37;;;;;;;;;/h9-14,19H,3-8,15-18,20H2,1-2H3,(H,32,39)(H,31,33,34,35);1H;4*1H3;4*1H. The summed E-state index contributed by atoms with van der Waals surface area (Å²) < 4.78 is 10.5. The Morgan fingerprint density at radius 1 is 0.761 bits per heavy atom. The van der Waals surface area contributed by atoms with Crippen LogP contribution in [-0.4, -0.2) is 67.0 Å². The Labute approximate surface area is 282 Å². The predicted octanol–water partition coefficient (Wildman–Crippen LogP) is 6.88. The first-order valence-corrected chi connectivity index (χ1v) is 14.2. The Hall–Kier alpha value is -4.28. The van der Waals surface area contributed by atoms with E-state index in [-0.39, 0.29) is 54.9 Å². The number of amides is 1. The number of hydrogen-bond acceptors (Lipinski definition) is 14. The maximum Gasteiger partial charge on any atom is 0.233 e. The fourth-order valence-corrected chi connectivity index (χ4v) is 5.10. The minimum Gasteiger partial charge on any atom is -0.497 e. The average molecular weight is 672 g/mol. The number of nitrogens with one attached hydrogen (secondary N) is 2. The fraction of sp³-hybridized carbons (Fsp3) is 0.433. The van der Waals surface area contributed by atoms with Crippen LogP contribution in [0.3, 0.4) is 0 Å². The summed E-state index contributed by atoms with van der Waals surface area (Å²) in [6, 6.07) is 12.1. The maximum atomic E-state index is 12.9. The van der Waals surface area contributed by atoms with E-state index in [4.69, 9.17) is 24.4 Å². The minimum atomic E-state index is -0.440. The van der Waals surface area contributed by atoms with Crippen molar-refractivity contribution in [2.24, 2.45) is 0 Å². The van der Waals surface area contributed by atoms with Crippen molar-refractivity contribution >= 4 is 53.3 Å². The van der Waals surface area contributed by atoms with E-state index in [1.807, 2.05) is 0 Å². The topological polar surface area (TPSA) is 262 Å². The number of methoxy groups -OCH3 is 2. The Bertz CT molecular complexity index is 1350. The molecule has 1 amide bonds. The molecule has 0 atom stereocenters. The van der Waals surface area contributed by atoms with Gasteiger partial charge in [0.25, 0.3) is 0 Å². The SMILES string of the molecule is COc1ccc(OC)c(NC(=O)CC(=O)c2ccc(Nc3nc(N4CCCCC4)nc(N4CCCCC4)n3)cc2)c1.Cl.N.N.N.N.[HH].[HH].[HH].[HH]. The van der Waals surface area contributed by atoms with Crippen LogP contribution in [0.15, 0.2) is 42.5 Å². The number of aromatic nitrogens is 3. The second-order valence-electron chi connectivity index (χ2n) is 10.3. The summed E-state index contributed by atoms with van der Waals surface area (Å²) in [5, 5.41) is 6.03. The molecule has 14 N–H and O–H groups in total. The second kappa shape index (κ2) is 20.0. The number of anilines is 5. The van der Waals surface area contributed by atoms with E-state index >= 15 is 0 Å². The van der Waals surface area contributed by atoms with Gasteiger partial charge in [0, 0.05) is 49.2 Å². The first-order chi connectivity index (χ1) is 20.0. The lowest BCUT2D eigenvalue weighted by Gasteiger charge is -2.30. The Morgan fingerprint density at radius 2 is 1.30 bits per heavy atom. The van der Waals surface area contributed by atoms with Gasteiger partial charge in [-0.25, -0.2) is 0 Å². The highest BCUT2D eigenvalue weighted by atomic mass is 35.5. The molecule has 1 aromatic heterocycles. The molecule has 46 heavy (non-hydrogen) atoms. The van der Waals surface area contributed by atoms with E-state index in [1.165, 1.54) is 27.1 Å². The summed E-state index contributed by atoms with van der Waals surface area (Å²) in [6.07, 6.45) is 6.69. The molecule has 3 heterocycles. The Balaban J connectivity index is -0.000000750. The number of ether oxygens (including phenoxy) is 2. The maximum absolute atomic E-state index is 12.9. The number of piperidine rings is 2. The molecule has 0 spiro atoms. The monoisotopic (exact) mass is 671 g/mol. The van der Waals surface area contributed by atoms with Crippen molar-refractivity contribution in [1.82, 2.24) is 39.6 Å². The summed E-state index contributed by atoms with van der Waals surface area (Å²) >= 11 is 0. The van der Waals surface area contributed by atoms with Crippen LogP contribution in [0.2, 0.25) is 0 Å². The highest BCUT2D eigenvalue weighted by Gasteiger charge is 2.21. The molecule has 2 aliphatic heterocycles. The number of Topliss-reactive ketones (excluding diaryl/α,β-unsaturated/α-hetero) is 1. The first kappa shape index (κ1) is 41.7. The molecule has 264 valence electrons. The molecule has 3 aromatic rings. The van der Waals surface area contributed by atoms with Gasteiger partial charge in [-0.2, -0.15) is 15.0 Å². The Morgan fingerprint density at radius 3 is 1.80 bits per heavy atom. The molecule has 2 aliphatic rings. The van der Waals surface area contributed by atoms with Crippen LogP contribution in [0, 0.1) is 0 Å². The van der Waals surface area contributed by atoms with E-state index < -0.39 is 5.91 Å². The highest BCUT2D eigenvalue weighted by molar-refractivity contribution is 6.11. The van der Waals surface area contributed by atoms with Crippen molar-refractivity contribution in [3.8, 4) is 11.5 Å². The highest BCUT2D eigenvalue weighted by Crippen LogP contribution is 2.29. The van der Waals surface area contributed by atoms with Gasteiger partial charge >= 0.3 is 0 Å². The van der Waals surface area contributed by atoms with E-state index in [2.05, 4.69) is 20.4 Å². The average Bonchev–Trinajstić information content (AvgIpc) is 3.02. The molecule has 0 saturated carbocycles. The van der Waals surface area contributed by atoms with Gasteiger partial charge in [0.2, 0.25) is 23.8 Å². The molecule has 0 radical (unpaired) electrons. The molecular weight excluding hydrogens is 614 g/mol. The van der Waals surface area contributed by atoms with Crippen molar-refractivity contribution in [3.63, 3.8) is 0 Å². The lowest BCUT2D eigenvalue weighted by Crippen LogP contribution is -2.34. The molecule has 0 aliphatic carbocycles. The van der Waals surface area contributed by atoms with Crippen LogP contribution < -0.4 is 54.5 Å². The largest absolute Gasteiger partial charge is 0.497 e. The predicted molar refractivity (Wildman–Crippen MR) is 195 cm³/mol. The molecule has 0 unspecified atom stereocenters. The van der Waals surface area contributed by atoms with E-state index in [0.717, 1.165) is 57.5 Å². The van der Waals surface area contributed by atoms with Gasteiger partial charge in [0.05, 0.1) is 26.3 Å². The van der Waals surface area contributed by atoms with Gasteiger partial charge in [0.15, 0.2) is 5.78 Å². The van der Waals surface area contributed by atoms with Crippen molar-refractivity contribution < 1.29 is 24.8 Å². The molecule has 15 nitrogen and oxygen atoms in total. The van der Waals surface area contributed by atoms with Crippen molar-refractivity contribution in [1.29, 1.82) is 0 Å². The number of carbonyl (C=O) groups is 2. The zero-order valence-electron chi connectivity index (χ0n) is 26.9. The Kier molecular flexibility index (Phi) is 18.1. The summed E-state index contributed by atoms with van der Waals surface area (Å²) in [5.41, 5.74) is 1.61. The van der Waals surface area contributed by atoms with Gasteiger partial charge in [-0.1, -0.05) is 0 Å². The summed E-state index contributed by atoms with van der Waals surface area (Å²) in [5.74, 6) is 2.20. The van der Waals surface area contributed by atoms with Crippen LogP contribution in [0.5, 0.6) is 11.5 Å². The first-order valence-electron chi connectivity index (χ1n) is 14.2. The van der Waals surface area contributed by atoms with Crippen LogP contribution in [0.4, 0.5) is 29.2 Å². The van der Waals surface area contributed by atoms with Gasteiger partial charge in [0.1, 0.15) is 11.5 Å². The zero-order valence-corrected chi connectivity index (χ0v) is 27.7. The van der Waals surface area contributed by atoms with E-state index in [9.17, 15) is 9.59 Å². The zero-order chi connectivity index (χ0) is 28.6. The number of carbonyl (C=O) groups excluding carboxylic acids is 2. The van der Waals surface area contributed by atoms with Crippen molar-refractivity contribution in [2.75, 3.05) is 60.8 Å². The van der Waals surface area contributed by atoms with E-state index in [1.54, 1.807) is 42.5 Å². The fourth-order valence-electron chi connectivity index (χ4n) is 5.10. The van der Waals surface area contributed by atoms with Gasteiger partial charge < -0.3 is 54.5 Å². The molecule has 2 aromatic carbocycles. The number of nitrogens with zero attached hydrogens (tertiary/aromatic N) is 5. The van der Waals surface area contributed by atoms with E-state index in [0.29, 0.717) is 40.6 Å². The lowest BCUT2D eigenvalue weighted by molar-refractivity contribution is -0.115. The molecule has 2 fully saturated rings. The summed E-state index contributed by atoms with van der Waals surface area (Å²) in [6.45, 7) is 3.77. The van der Waals surface area contributed by atoms with Crippen molar-refractivity contribution in [2.45, 2.75) is 44.9 Å². The number of benzene rings is 2. The summed E-state index contributed by atoms with van der Waals surface area (Å²) in [7, 11) is 3.05. The van der Waals surface area contributed by atoms with Crippen LogP contribution in [0.1, 0.15) is 61.0 Å². The number of rotatable bonds is 10. The quantitative estimate of drug-likeness (QED) is 0.0947.